The molecule has 0 N–H and O–H groups in total. The molecule has 126 valence electrons. The molecule has 1 aliphatic heterocycles. The molecule has 1 amide bonds. The minimum absolute atomic E-state index is 0.102. The van der Waals surface area contributed by atoms with Gasteiger partial charge in [-0.05, 0) is 43.4 Å². The standard InChI is InChI=1S/C18H22N4O2/c1-12-3-4-14(9-13(12)2)10-21-7-8-22(11-16(21)23)18-20-19-17(24-18)15-5-6-15/h3-4,9,15H,5-8,10-11H2,1-2H3. The molecule has 1 aromatic carbocycles. The largest absolute Gasteiger partial charge is 0.408 e. The Labute approximate surface area is 141 Å². The van der Waals surface area contributed by atoms with Crippen LogP contribution in [0.2, 0.25) is 0 Å². The zero-order valence-corrected chi connectivity index (χ0v) is 14.2. The highest BCUT2D eigenvalue weighted by Gasteiger charge is 2.32. The summed E-state index contributed by atoms with van der Waals surface area (Å²) < 4.78 is 5.71. The summed E-state index contributed by atoms with van der Waals surface area (Å²) in [6.45, 7) is 6.56. The number of nitrogens with zero attached hydrogens (tertiary/aromatic N) is 4. The zero-order chi connectivity index (χ0) is 16.7. The quantitative estimate of drug-likeness (QED) is 0.863. The maximum atomic E-state index is 12.5. The molecular formula is C18H22N4O2. The van der Waals surface area contributed by atoms with Gasteiger partial charge in [-0.25, -0.2) is 0 Å². The number of benzene rings is 1. The van der Waals surface area contributed by atoms with Crippen LogP contribution < -0.4 is 4.90 Å². The molecule has 1 aliphatic carbocycles. The number of anilines is 1. The molecule has 2 fully saturated rings. The molecule has 6 nitrogen and oxygen atoms in total. The van der Waals surface area contributed by atoms with E-state index >= 15 is 0 Å². The Morgan fingerprint density at radius 3 is 2.71 bits per heavy atom. The summed E-state index contributed by atoms with van der Waals surface area (Å²) in [6, 6.07) is 6.86. The van der Waals surface area contributed by atoms with E-state index in [1.54, 1.807) is 0 Å². The first-order valence-corrected chi connectivity index (χ1v) is 8.52. The SMILES string of the molecule is Cc1ccc(CN2CCN(c3nnc(C4CC4)o3)CC2=O)cc1C. The van der Waals surface area contributed by atoms with Crippen molar-refractivity contribution in [1.82, 2.24) is 15.1 Å². The van der Waals surface area contributed by atoms with Crippen LogP contribution in [0.15, 0.2) is 22.6 Å². The van der Waals surface area contributed by atoms with E-state index in [9.17, 15) is 4.79 Å². The summed E-state index contributed by atoms with van der Waals surface area (Å²) in [5.41, 5.74) is 3.71. The molecule has 0 atom stereocenters. The summed E-state index contributed by atoms with van der Waals surface area (Å²) >= 11 is 0. The van der Waals surface area contributed by atoms with Crippen molar-refractivity contribution in [1.29, 1.82) is 0 Å². The second-order valence-electron chi connectivity index (χ2n) is 6.85. The van der Waals surface area contributed by atoms with E-state index < -0.39 is 0 Å². The molecule has 2 aliphatic rings. The Bertz CT molecular complexity index is 766. The minimum Gasteiger partial charge on any atom is -0.408 e. The van der Waals surface area contributed by atoms with Crippen molar-refractivity contribution >= 4 is 11.9 Å². The van der Waals surface area contributed by atoms with Gasteiger partial charge in [-0.1, -0.05) is 23.3 Å². The molecular weight excluding hydrogens is 304 g/mol. The fourth-order valence-corrected chi connectivity index (χ4v) is 3.01. The van der Waals surface area contributed by atoms with Crippen LogP contribution in [0, 0.1) is 13.8 Å². The van der Waals surface area contributed by atoms with Crippen LogP contribution >= 0.6 is 0 Å². The lowest BCUT2D eigenvalue weighted by molar-refractivity contribution is -0.131. The molecule has 1 saturated heterocycles. The Morgan fingerprint density at radius 2 is 2.00 bits per heavy atom. The highest BCUT2D eigenvalue weighted by Crippen LogP contribution is 2.39. The number of aromatic nitrogens is 2. The second kappa shape index (κ2) is 5.92. The average molecular weight is 326 g/mol. The molecule has 6 heteroatoms. The Balaban J connectivity index is 1.40. The van der Waals surface area contributed by atoms with Crippen molar-refractivity contribution in [2.75, 3.05) is 24.5 Å². The lowest BCUT2D eigenvalue weighted by Gasteiger charge is -2.33. The van der Waals surface area contributed by atoms with Gasteiger partial charge in [-0.3, -0.25) is 4.79 Å². The van der Waals surface area contributed by atoms with Gasteiger partial charge in [0.2, 0.25) is 11.8 Å². The summed E-state index contributed by atoms with van der Waals surface area (Å²) in [5, 5.41) is 8.20. The first kappa shape index (κ1) is 15.2. The maximum absolute atomic E-state index is 12.5. The fourth-order valence-electron chi connectivity index (χ4n) is 3.01. The van der Waals surface area contributed by atoms with Crippen LogP contribution in [0.4, 0.5) is 6.01 Å². The number of carbonyl (C=O) groups is 1. The third kappa shape index (κ3) is 3.00. The fraction of sp³-hybridized carbons (Fsp3) is 0.500. The van der Waals surface area contributed by atoms with Crippen LogP contribution in [-0.4, -0.2) is 40.6 Å². The average Bonchev–Trinajstić information content (AvgIpc) is 3.30. The topological polar surface area (TPSA) is 62.5 Å². The highest BCUT2D eigenvalue weighted by molar-refractivity contribution is 5.82. The maximum Gasteiger partial charge on any atom is 0.318 e. The van der Waals surface area contributed by atoms with Crippen LogP contribution in [-0.2, 0) is 11.3 Å². The predicted octanol–water partition coefficient (Wildman–Crippen LogP) is 2.41. The van der Waals surface area contributed by atoms with Crippen molar-refractivity contribution in [3.63, 3.8) is 0 Å². The summed E-state index contributed by atoms with van der Waals surface area (Å²) in [7, 11) is 0. The van der Waals surface area contributed by atoms with Gasteiger partial charge < -0.3 is 14.2 Å². The Morgan fingerprint density at radius 1 is 1.17 bits per heavy atom. The molecule has 0 radical (unpaired) electrons. The lowest BCUT2D eigenvalue weighted by atomic mass is 10.1. The number of carbonyl (C=O) groups excluding carboxylic acids is 1. The molecule has 1 saturated carbocycles. The van der Waals surface area contributed by atoms with Crippen LogP contribution in [0.3, 0.4) is 0 Å². The summed E-state index contributed by atoms with van der Waals surface area (Å²) in [4.78, 5) is 16.3. The number of hydrogen-bond donors (Lipinski definition) is 0. The van der Waals surface area contributed by atoms with Crippen LogP contribution in [0.25, 0.3) is 0 Å². The van der Waals surface area contributed by atoms with Crippen molar-refractivity contribution in [2.24, 2.45) is 0 Å². The first-order chi connectivity index (χ1) is 11.6. The smallest absolute Gasteiger partial charge is 0.318 e. The van der Waals surface area contributed by atoms with Crippen molar-refractivity contribution in [2.45, 2.75) is 39.2 Å². The van der Waals surface area contributed by atoms with Gasteiger partial charge in [-0.2, -0.15) is 0 Å². The number of rotatable bonds is 4. The Hall–Kier alpha value is -2.37. The predicted molar refractivity (Wildman–Crippen MR) is 89.8 cm³/mol. The molecule has 0 bridgehead atoms. The van der Waals surface area contributed by atoms with Gasteiger partial charge in [0.05, 0.1) is 0 Å². The molecule has 1 aromatic heterocycles. The van der Waals surface area contributed by atoms with Gasteiger partial charge >= 0.3 is 6.01 Å². The third-order valence-corrected chi connectivity index (χ3v) is 4.89. The first-order valence-electron chi connectivity index (χ1n) is 8.52. The van der Waals surface area contributed by atoms with Gasteiger partial charge in [-0.15, -0.1) is 5.10 Å². The van der Waals surface area contributed by atoms with Gasteiger partial charge in [0, 0.05) is 25.6 Å². The van der Waals surface area contributed by atoms with Crippen molar-refractivity contribution < 1.29 is 9.21 Å². The lowest BCUT2D eigenvalue weighted by Crippen LogP contribution is -2.50. The van der Waals surface area contributed by atoms with Crippen LogP contribution in [0.1, 0.15) is 41.3 Å². The van der Waals surface area contributed by atoms with Crippen molar-refractivity contribution in [3.05, 3.63) is 40.8 Å². The van der Waals surface area contributed by atoms with E-state index in [1.807, 2.05) is 9.80 Å². The molecule has 0 unspecified atom stereocenters. The van der Waals surface area contributed by atoms with Crippen LogP contribution in [0.5, 0.6) is 0 Å². The molecule has 2 heterocycles. The molecule has 0 spiro atoms. The molecule has 2 aromatic rings. The second-order valence-corrected chi connectivity index (χ2v) is 6.85. The van der Waals surface area contributed by atoms with Gasteiger partial charge in [0.25, 0.3) is 0 Å². The number of amides is 1. The monoisotopic (exact) mass is 326 g/mol. The van der Waals surface area contributed by atoms with Crippen molar-refractivity contribution in [3.8, 4) is 0 Å². The minimum atomic E-state index is 0.102. The number of piperazine rings is 1. The summed E-state index contributed by atoms with van der Waals surface area (Å²) in [5.74, 6) is 1.26. The van der Waals surface area contributed by atoms with E-state index in [2.05, 4.69) is 42.2 Å². The van der Waals surface area contributed by atoms with Gasteiger partial charge in [0.15, 0.2) is 0 Å². The highest BCUT2D eigenvalue weighted by atomic mass is 16.4. The van der Waals surface area contributed by atoms with E-state index in [4.69, 9.17) is 4.42 Å². The van der Waals surface area contributed by atoms with E-state index in [1.165, 1.54) is 16.7 Å². The van der Waals surface area contributed by atoms with Gasteiger partial charge in [0.1, 0.15) is 6.54 Å². The van der Waals surface area contributed by atoms with E-state index in [0.29, 0.717) is 31.6 Å². The molecule has 24 heavy (non-hydrogen) atoms. The third-order valence-electron chi connectivity index (χ3n) is 4.89. The van der Waals surface area contributed by atoms with E-state index in [-0.39, 0.29) is 5.91 Å². The van der Waals surface area contributed by atoms with E-state index in [0.717, 1.165) is 25.3 Å². The Kier molecular flexibility index (Phi) is 3.75. The zero-order valence-electron chi connectivity index (χ0n) is 14.2. The normalized spacial score (nSPS) is 18.3. The molecule has 4 rings (SSSR count). The summed E-state index contributed by atoms with van der Waals surface area (Å²) in [6.07, 6.45) is 2.26. The number of hydrogen-bond acceptors (Lipinski definition) is 5. The number of aryl methyl sites for hydroxylation is 2.